The number of carbonyl (C=O) groups excluding carboxylic acids is 1. The molecule has 3 N–H and O–H groups in total. The van der Waals surface area contributed by atoms with Crippen LogP contribution in [0.4, 0.5) is 0 Å². The SMILES string of the molecule is CC#CC[C@@H](C)[C@H](O)/C=C/[C@@H]1[C@H]2c3cccc(CCCC(=O)NC(C)C)c3O[C@H]2C[C@H]1O. The number of aliphatic hydroxyl groups is 2. The minimum atomic E-state index is -0.591. The van der Waals surface area contributed by atoms with Gasteiger partial charge in [0.25, 0.3) is 0 Å². The number of hydrogen-bond acceptors (Lipinski definition) is 4. The minimum Gasteiger partial charge on any atom is -0.489 e. The molecule has 32 heavy (non-hydrogen) atoms. The van der Waals surface area contributed by atoms with Crippen LogP contribution >= 0.6 is 0 Å². The molecular weight excluding hydrogens is 402 g/mol. The third-order valence-electron chi connectivity index (χ3n) is 6.50. The molecule has 1 aromatic carbocycles. The first kappa shape index (κ1) is 24.4. The fourth-order valence-electron chi connectivity index (χ4n) is 4.81. The van der Waals surface area contributed by atoms with Gasteiger partial charge in [-0.1, -0.05) is 37.3 Å². The van der Waals surface area contributed by atoms with Gasteiger partial charge in [0.1, 0.15) is 11.9 Å². The van der Waals surface area contributed by atoms with E-state index in [1.807, 2.05) is 39.0 Å². The minimum absolute atomic E-state index is 0.0413. The Labute approximate surface area is 192 Å². The second-order valence-electron chi connectivity index (χ2n) is 9.46. The van der Waals surface area contributed by atoms with E-state index in [0.717, 1.165) is 29.7 Å². The Bertz CT molecular complexity index is 881. The summed E-state index contributed by atoms with van der Waals surface area (Å²) in [7, 11) is 0. The van der Waals surface area contributed by atoms with Crippen molar-refractivity contribution in [3.8, 4) is 17.6 Å². The van der Waals surface area contributed by atoms with Gasteiger partial charge in [-0.2, -0.15) is 0 Å². The highest BCUT2D eigenvalue weighted by Gasteiger charge is 2.48. The van der Waals surface area contributed by atoms with E-state index in [1.165, 1.54) is 0 Å². The summed E-state index contributed by atoms with van der Waals surface area (Å²) in [5, 5.41) is 24.1. The largest absolute Gasteiger partial charge is 0.489 e. The van der Waals surface area contributed by atoms with Crippen molar-refractivity contribution < 1.29 is 19.7 Å². The maximum Gasteiger partial charge on any atom is 0.220 e. The quantitative estimate of drug-likeness (QED) is 0.405. The summed E-state index contributed by atoms with van der Waals surface area (Å²) in [6, 6.07) is 6.36. The fourth-order valence-corrected chi connectivity index (χ4v) is 4.81. The Morgan fingerprint density at radius 3 is 2.84 bits per heavy atom. The summed E-state index contributed by atoms with van der Waals surface area (Å²) in [5.74, 6) is 6.92. The van der Waals surface area contributed by atoms with E-state index in [2.05, 4.69) is 29.3 Å². The molecule has 1 heterocycles. The molecule has 0 saturated heterocycles. The number of hydrogen-bond donors (Lipinski definition) is 3. The van der Waals surface area contributed by atoms with Crippen molar-refractivity contribution in [2.24, 2.45) is 11.8 Å². The van der Waals surface area contributed by atoms with Crippen molar-refractivity contribution in [2.75, 3.05) is 0 Å². The van der Waals surface area contributed by atoms with Gasteiger partial charge in [-0.05, 0) is 45.1 Å². The highest BCUT2D eigenvalue weighted by molar-refractivity contribution is 5.76. The lowest BCUT2D eigenvalue weighted by molar-refractivity contribution is -0.121. The molecule has 2 aliphatic rings. The van der Waals surface area contributed by atoms with Crippen molar-refractivity contribution in [1.82, 2.24) is 5.32 Å². The lowest BCUT2D eigenvalue weighted by atomic mass is 9.86. The van der Waals surface area contributed by atoms with Crippen molar-refractivity contribution in [3.63, 3.8) is 0 Å². The Balaban J connectivity index is 1.68. The van der Waals surface area contributed by atoms with Gasteiger partial charge in [-0.15, -0.1) is 11.8 Å². The van der Waals surface area contributed by atoms with Gasteiger partial charge in [0.2, 0.25) is 5.91 Å². The van der Waals surface area contributed by atoms with Crippen molar-refractivity contribution in [1.29, 1.82) is 0 Å². The van der Waals surface area contributed by atoms with Crippen LogP contribution in [0.3, 0.4) is 0 Å². The number of nitrogens with one attached hydrogen (secondary N) is 1. The normalized spacial score (nSPS) is 25.6. The first-order chi connectivity index (χ1) is 15.3. The molecule has 1 amide bonds. The molecule has 0 aromatic heterocycles. The Hall–Kier alpha value is -2.29. The number of para-hydroxylation sites is 1. The molecule has 1 aromatic rings. The lowest BCUT2D eigenvalue weighted by Gasteiger charge is -2.19. The number of rotatable bonds is 9. The van der Waals surface area contributed by atoms with Crippen LogP contribution in [0.2, 0.25) is 0 Å². The second kappa shape index (κ2) is 11.0. The van der Waals surface area contributed by atoms with Gasteiger partial charge < -0.3 is 20.3 Å². The van der Waals surface area contributed by atoms with Crippen LogP contribution in [0.15, 0.2) is 30.4 Å². The Morgan fingerprint density at radius 2 is 2.12 bits per heavy atom. The van der Waals surface area contributed by atoms with Crippen LogP contribution in [-0.4, -0.2) is 40.5 Å². The molecule has 0 unspecified atom stereocenters. The second-order valence-corrected chi connectivity index (χ2v) is 9.46. The third kappa shape index (κ3) is 5.74. The number of carbonyl (C=O) groups is 1. The maximum atomic E-state index is 11.9. The predicted molar refractivity (Wildman–Crippen MR) is 126 cm³/mol. The van der Waals surface area contributed by atoms with E-state index in [4.69, 9.17) is 4.74 Å². The van der Waals surface area contributed by atoms with Gasteiger partial charge in [0.05, 0.1) is 12.2 Å². The van der Waals surface area contributed by atoms with Crippen molar-refractivity contribution >= 4 is 5.91 Å². The average molecular weight is 440 g/mol. The van der Waals surface area contributed by atoms with Gasteiger partial charge in [0.15, 0.2) is 0 Å². The van der Waals surface area contributed by atoms with E-state index in [-0.39, 0.29) is 35.8 Å². The summed E-state index contributed by atoms with van der Waals surface area (Å²) in [4.78, 5) is 11.9. The zero-order chi connectivity index (χ0) is 23.3. The van der Waals surface area contributed by atoms with Crippen LogP contribution in [0.5, 0.6) is 5.75 Å². The smallest absolute Gasteiger partial charge is 0.220 e. The number of aryl methyl sites for hydroxylation is 1. The molecule has 6 atom stereocenters. The number of ether oxygens (including phenoxy) is 1. The molecule has 1 saturated carbocycles. The van der Waals surface area contributed by atoms with Gasteiger partial charge >= 0.3 is 0 Å². The molecule has 1 fully saturated rings. The Morgan fingerprint density at radius 1 is 1.34 bits per heavy atom. The number of amides is 1. The summed E-state index contributed by atoms with van der Waals surface area (Å²) >= 11 is 0. The molecule has 1 aliphatic carbocycles. The molecule has 3 rings (SSSR count). The highest BCUT2D eigenvalue weighted by atomic mass is 16.5. The lowest BCUT2D eigenvalue weighted by Crippen LogP contribution is -2.29. The molecule has 0 bridgehead atoms. The van der Waals surface area contributed by atoms with E-state index in [1.54, 1.807) is 6.92 Å². The fraction of sp³-hybridized carbons (Fsp3) is 0.593. The van der Waals surface area contributed by atoms with Gasteiger partial charge in [0, 0.05) is 42.7 Å². The zero-order valence-corrected chi connectivity index (χ0v) is 19.7. The summed E-state index contributed by atoms with van der Waals surface area (Å²) in [5.41, 5.74) is 2.25. The van der Waals surface area contributed by atoms with E-state index < -0.39 is 12.2 Å². The number of aliphatic hydroxyl groups excluding tert-OH is 2. The number of fused-ring (bicyclic) bond motifs is 3. The monoisotopic (exact) mass is 439 g/mol. The van der Waals surface area contributed by atoms with Crippen LogP contribution in [-0.2, 0) is 11.2 Å². The first-order valence-corrected chi connectivity index (χ1v) is 11.8. The van der Waals surface area contributed by atoms with E-state index in [9.17, 15) is 15.0 Å². The van der Waals surface area contributed by atoms with Crippen LogP contribution in [0, 0.1) is 23.7 Å². The molecule has 1 aliphatic heterocycles. The first-order valence-electron chi connectivity index (χ1n) is 11.8. The van der Waals surface area contributed by atoms with Gasteiger partial charge in [-0.3, -0.25) is 4.79 Å². The molecular formula is C27H37NO4. The van der Waals surface area contributed by atoms with Crippen molar-refractivity contribution in [2.45, 2.75) is 90.1 Å². The Kier molecular flexibility index (Phi) is 8.39. The van der Waals surface area contributed by atoms with Crippen LogP contribution in [0.25, 0.3) is 0 Å². The zero-order valence-electron chi connectivity index (χ0n) is 19.7. The summed E-state index contributed by atoms with van der Waals surface area (Å²) in [6.07, 6.45) is 5.92. The van der Waals surface area contributed by atoms with E-state index >= 15 is 0 Å². The molecule has 0 spiro atoms. The van der Waals surface area contributed by atoms with E-state index in [0.29, 0.717) is 19.3 Å². The topological polar surface area (TPSA) is 78.8 Å². The standard InChI is InChI=1S/C27H37NO4/c1-5-6-9-18(4)22(29)15-14-20-23(30)16-24-26(20)21-12-7-10-19(27(21)32-24)11-8-13-25(31)28-17(2)3/h7,10,12,14-15,17-18,20,22-24,26,29-30H,8-9,11,13,16H2,1-4H3,(H,28,31)/b15-14+/t18-,20+,22-,23-,24+,26+/m1/s1. The summed E-state index contributed by atoms with van der Waals surface area (Å²) in [6.45, 7) is 7.71. The average Bonchev–Trinajstić information content (AvgIpc) is 3.24. The molecule has 174 valence electrons. The highest BCUT2D eigenvalue weighted by Crippen LogP contribution is 2.52. The number of benzene rings is 1. The van der Waals surface area contributed by atoms with Gasteiger partial charge in [-0.25, -0.2) is 0 Å². The van der Waals surface area contributed by atoms with Crippen LogP contribution < -0.4 is 10.1 Å². The molecule has 0 radical (unpaired) electrons. The maximum absolute atomic E-state index is 11.9. The molecule has 5 heteroatoms. The third-order valence-corrected chi connectivity index (χ3v) is 6.50. The summed E-state index contributed by atoms with van der Waals surface area (Å²) < 4.78 is 6.32. The molecule has 5 nitrogen and oxygen atoms in total. The predicted octanol–water partition coefficient (Wildman–Crippen LogP) is 3.73. The van der Waals surface area contributed by atoms with Crippen molar-refractivity contribution in [3.05, 3.63) is 41.5 Å². The van der Waals surface area contributed by atoms with Crippen LogP contribution in [0.1, 0.15) is 70.4 Å².